The van der Waals surface area contributed by atoms with Crippen LogP contribution in [0.3, 0.4) is 0 Å². The Morgan fingerprint density at radius 2 is 1.87 bits per heavy atom. The highest BCUT2D eigenvalue weighted by atomic mass is 16.6. The highest BCUT2D eigenvalue weighted by molar-refractivity contribution is 5.69. The van der Waals surface area contributed by atoms with E-state index in [0.29, 0.717) is 0 Å². The van der Waals surface area contributed by atoms with E-state index in [1.165, 1.54) is 0 Å². The maximum absolute atomic E-state index is 11.5. The number of aliphatic hydroxyl groups is 3. The van der Waals surface area contributed by atoms with Crippen molar-refractivity contribution in [2.75, 3.05) is 6.54 Å². The highest BCUT2D eigenvalue weighted by Crippen LogP contribution is 2.19. The van der Waals surface area contributed by atoms with Gasteiger partial charge in [0.1, 0.15) is 17.8 Å². The second-order valence-corrected chi connectivity index (χ2v) is 4.60. The molecule has 0 radical (unpaired) electrons. The number of carbonyl (C=O) groups excluding carboxylic acids is 1. The predicted molar refractivity (Wildman–Crippen MR) is 51.0 cm³/mol. The SMILES string of the molecule is CC(C)(C)OC(=O)N1C[C@H](O)[C@H](O)C1O. The van der Waals surface area contributed by atoms with Crippen LogP contribution >= 0.6 is 0 Å². The summed E-state index contributed by atoms with van der Waals surface area (Å²) in [7, 11) is 0. The molecule has 3 atom stereocenters. The number of hydrogen-bond donors (Lipinski definition) is 3. The molecule has 1 heterocycles. The molecule has 15 heavy (non-hydrogen) atoms. The van der Waals surface area contributed by atoms with E-state index in [4.69, 9.17) is 4.74 Å². The number of nitrogens with zero attached hydrogens (tertiary/aromatic N) is 1. The van der Waals surface area contributed by atoms with E-state index in [9.17, 15) is 20.1 Å². The summed E-state index contributed by atoms with van der Waals surface area (Å²) >= 11 is 0. The van der Waals surface area contributed by atoms with Gasteiger partial charge in [-0.2, -0.15) is 0 Å². The molecule has 1 saturated heterocycles. The average Bonchev–Trinajstić information content (AvgIpc) is 2.30. The second kappa shape index (κ2) is 3.96. The third-order valence-electron chi connectivity index (χ3n) is 2.03. The van der Waals surface area contributed by atoms with Gasteiger partial charge in [-0.15, -0.1) is 0 Å². The van der Waals surface area contributed by atoms with Crippen LogP contribution in [0.5, 0.6) is 0 Å². The van der Waals surface area contributed by atoms with Gasteiger partial charge < -0.3 is 20.1 Å². The fourth-order valence-electron chi connectivity index (χ4n) is 1.30. The Bertz CT molecular complexity index is 249. The number of β-amino-alcohol motifs (C(OH)–C–C–N with tert-alkyl or cyclic N) is 1. The number of rotatable bonds is 0. The summed E-state index contributed by atoms with van der Waals surface area (Å²) in [6.45, 7) is 4.96. The molecule has 1 aliphatic rings. The topological polar surface area (TPSA) is 90.2 Å². The number of hydrogen-bond acceptors (Lipinski definition) is 5. The van der Waals surface area contributed by atoms with E-state index in [2.05, 4.69) is 0 Å². The lowest BCUT2D eigenvalue weighted by atomic mass is 10.2. The van der Waals surface area contributed by atoms with Crippen LogP contribution in [0.1, 0.15) is 20.8 Å². The third kappa shape index (κ3) is 2.80. The minimum Gasteiger partial charge on any atom is -0.444 e. The van der Waals surface area contributed by atoms with Crippen molar-refractivity contribution in [3.05, 3.63) is 0 Å². The molecule has 3 N–H and O–H groups in total. The summed E-state index contributed by atoms with van der Waals surface area (Å²) < 4.78 is 4.99. The Hall–Kier alpha value is -0.850. The lowest BCUT2D eigenvalue weighted by molar-refractivity contribution is -0.0604. The molecule has 0 aliphatic carbocycles. The van der Waals surface area contributed by atoms with Gasteiger partial charge in [-0.3, -0.25) is 4.90 Å². The zero-order valence-electron chi connectivity index (χ0n) is 9.04. The monoisotopic (exact) mass is 219 g/mol. The lowest BCUT2D eigenvalue weighted by Crippen LogP contribution is -2.42. The average molecular weight is 219 g/mol. The number of carbonyl (C=O) groups is 1. The smallest absolute Gasteiger partial charge is 0.412 e. The summed E-state index contributed by atoms with van der Waals surface area (Å²) in [5.74, 6) is 0. The van der Waals surface area contributed by atoms with E-state index >= 15 is 0 Å². The molecule has 88 valence electrons. The van der Waals surface area contributed by atoms with Gasteiger partial charge >= 0.3 is 6.09 Å². The van der Waals surface area contributed by atoms with E-state index in [1.807, 2.05) is 0 Å². The van der Waals surface area contributed by atoms with Crippen LogP contribution in [0.4, 0.5) is 4.79 Å². The van der Waals surface area contributed by atoms with E-state index < -0.39 is 30.1 Å². The van der Waals surface area contributed by atoms with Crippen LogP contribution in [0, 0.1) is 0 Å². The fourth-order valence-corrected chi connectivity index (χ4v) is 1.30. The van der Waals surface area contributed by atoms with Crippen molar-refractivity contribution in [3.63, 3.8) is 0 Å². The molecule has 1 aliphatic heterocycles. The molecule has 0 aromatic rings. The molecule has 0 aromatic carbocycles. The summed E-state index contributed by atoms with van der Waals surface area (Å²) in [6, 6.07) is 0. The van der Waals surface area contributed by atoms with Crippen LogP contribution < -0.4 is 0 Å². The maximum atomic E-state index is 11.5. The Morgan fingerprint density at radius 1 is 1.33 bits per heavy atom. The number of ether oxygens (including phenoxy) is 1. The van der Waals surface area contributed by atoms with Crippen LogP contribution in [-0.2, 0) is 4.74 Å². The summed E-state index contributed by atoms with van der Waals surface area (Å²) in [5, 5.41) is 27.9. The van der Waals surface area contributed by atoms with Crippen molar-refractivity contribution in [2.45, 2.75) is 44.8 Å². The van der Waals surface area contributed by atoms with Gasteiger partial charge in [0.2, 0.25) is 0 Å². The summed E-state index contributed by atoms with van der Waals surface area (Å²) in [6.07, 6.45) is -4.62. The van der Waals surface area contributed by atoms with E-state index in [-0.39, 0.29) is 6.54 Å². The lowest BCUT2D eigenvalue weighted by Gasteiger charge is -2.26. The molecule has 0 aromatic heterocycles. The van der Waals surface area contributed by atoms with Crippen molar-refractivity contribution in [2.24, 2.45) is 0 Å². The molecule has 0 bridgehead atoms. The molecule has 1 fully saturated rings. The molecular formula is C9H17NO5. The van der Waals surface area contributed by atoms with Gasteiger partial charge in [0.05, 0.1) is 6.54 Å². The third-order valence-corrected chi connectivity index (χ3v) is 2.03. The first kappa shape index (κ1) is 12.2. The van der Waals surface area contributed by atoms with Crippen molar-refractivity contribution < 1.29 is 24.9 Å². The first-order valence-corrected chi connectivity index (χ1v) is 4.76. The zero-order valence-corrected chi connectivity index (χ0v) is 9.04. The predicted octanol–water partition coefficient (Wildman–Crippen LogP) is -0.723. The van der Waals surface area contributed by atoms with Crippen molar-refractivity contribution >= 4 is 6.09 Å². The Labute approximate surface area is 88.1 Å². The fraction of sp³-hybridized carbons (Fsp3) is 0.889. The van der Waals surface area contributed by atoms with Gasteiger partial charge in [0.25, 0.3) is 0 Å². The quantitative estimate of drug-likeness (QED) is 0.500. The first-order valence-electron chi connectivity index (χ1n) is 4.76. The molecule has 6 nitrogen and oxygen atoms in total. The molecule has 1 unspecified atom stereocenters. The molecule has 0 saturated carbocycles. The Kier molecular flexibility index (Phi) is 3.22. The highest BCUT2D eigenvalue weighted by Gasteiger charge is 2.42. The van der Waals surface area contributed by atoms with E-state index in [1.54, 1.807) is 20.8 Å². The van der Waals surface area contributed by atoms with Gasteiger partial charge in [0, 0.05) is 0 Å². The van der Waals surface area contributed by atoms with Crippen molar-refractivity contribution in [1.82, 2.24) is 4.90 Å². The normalized spacial score (nSPS) is 31.9. The van der Waals surface area contributed by atoms with E-state index in [0.717, 1.165) is 4.90 Å². The molecule has 1 amide bonds. The van der Waals surface area contributed by atoms with Crippen LogP contribution in [0.25, 0.3) is 0 Å². The number of likely N-dealkylation sites (tertiary alicyclic amines) is 1. The summed E-state index contributed by atoms with van der Waals surface area (Å²) in [4.78, 5) is 12.4. The van der Waals surface area contributed by atoms with Crippen molar-refractivity contribution in [1.29, 1.82) is 0 Å². The number of aliphatic hydroxyl groups excluding tert-OH is 3. The zero-order chi connectivity index (χ0) is 11.8. The first-order chi connectivity index (χ1) is 6.72. The summed E-state index contributed by atoms with van der Waals surface area (Å²) in [5.41, 5.74) is -0.671. The molecule has 1 rings (SSSR count). The van der Waals surface area contributed by atoms with Gasteiger partial charge in [-0.05, 0) is 20.8 Å². The Morgan fingerprint density at radius 3 is 2.20 bits per heavy atom. The number of amides is 1. The van der Waals surface area contributed by atoms with Gasteiger partial charge in [-0.1, -0.05) is 0 Å². The van der Waals surface area contributed by atoms with Crippen molar-refractivity contribution in [3.8, 4) is 0 Å². The largest absolute Gasteiger partial charge is 0.444 e. The maximum Gasteiger partial charge on any atom is 0.412 e. The second-order valence-electron chi connectivity index (χ2n) is 4.60. The minimum atomic E-state index is -1.41. The standard InChI is InChI=1S/C9H17NO5/c1-9(2,3)15-8(14)10-4-5(11)6(12)7(10)13/h5-7,11-13H,4H2,1-3H3/t5-,6-,7?/m0/s1. The van der Waals surface area contributed by atoms with Gasteiger partial charge in [0.15, 0.2) is 6.23 Å². The molecule has 0 spiro atoms. The minimum absolute atomic E-state index is 0.128. The molecule has 6 heteroatoms. The molecular weight excluding hydrogens is 202 g/mol. The Balaban J connectivity index is 2.62. The van der Waals surface area contributed by atoms with Gasteiger partial charge in [-0.25, -0.2) is 4.79 Å². The van der Waals surface area contributed by atoms with Crippen LogP contribution in [0.2, 0.25) is 0 Å². The van der Waals surface area contributed by atoms with Crippen LogP contribution in [-0.4, -0.2) is 56.9 Å². The van der Waals surface area contributed by atoms with Crippen LogP contribution in [0.15, 0.2) is 0 Å².